The molecule has 0 aliphatic rings. The molecule has 8 heteroatoms. The molecule has 0 saturated heterocycles. The highest BCUT2D eigenvalue weighted by molar-refractivity contribution is 5.96. The molecule has 0 unspecified atom stereocenters. The number of benzene rings is 1. The third-order valence-corrected chi connectivity index (χ3v) is 1.98. The highest BCUT2D eigenvalue weighted by Gasteiger charge is 2.14. The molecule has 0 radical (unpaired) electrons. The standard InChI is InChI=1S/C10H8FN5O2/c11-7-3-1-6(2-4-7)5-13-14-10(17)8-9(12)16-18-15-8/h1-5H,(H2,12,16)(H,14,17). The molecule has 1 heterocycles. The first kappa shape index (κ1) is 11.7. The lowest BCUT2D eigenvalue weighted by molar-refractivity contribution is 0.0946. The first-order valence-electron chi connectivity index (χ1n) is 4.84. The van der Waals surface area contributed by atoms with Crippen molar-refractivity contribution in [2.75, 3.05) is 5.73 Å². The van der Waals surface area contributed by atoms with E-state index in [1.165, 1.54) is 30.5 Å². The number of rotatable bonds is 3. The van der Waals surface area contributed by atoms with Gasteiger partial charge in [0.25, 0.3) is 5.91 Å². The highest BCUT2D eigenvalue weighted by Crippen LogP contribution is 2.03. The fourth-order valence-corrected chi connectivity index (χ4v) is 1.12. The van der Waals surface area contributed by atoms with Gasteiger partial charge < -0.3 is 5.73 Å². The van der Waals surface area contributed by atoms with E-state index in [1.54, 1.807) is 0 Å². The van der Waals surface area contributed by atoms with Crippen LogP contribution in [0.2, 0.25) is 0 Å². The minimum absolute atomic E-state index is 0.121. The van der Waals surface area contributed by atoms with Crippen molar-refractivity contribution in [1.29, 1.82) is 0 Å². The second kappa shape index (κ2) is 5.04. The van der Waals surface area contributed by atoms with Gasteiger partial charge in [-0.15, -0.1) is 0 Å². The second-order valence-corrected chi connectivity index (χ2v) is 3.25. The maximum Gasteiger partial charge on any atom is 0.297 e. The van der Waals surface area contributed by atoms with Crippen LogP contribution >= 0.6 is 0 Å². The molecule has 0 bridgehead atoms. The Morgan fingerprint density at radius 2 is 2.11 bits per heavy atom. The van der Waals surface area contributed by atoms with Crippen LogP contribution < -0.4 is 11.2 Å². The van der Waals surface area contributed by atoms with E-state index in [4.69, 9.17) is 5.73 Å². The van der Waals surface area contributed by atoms with Crippen molar-refractivity contribution in [2.24, 2.45) is 5.10 Å². The van der Waals surface area contributed by atoms with E-state index in [0.29, 0.717) is 5.56 Å². The summed E-state index contributed by atoms with van der Waals surface area (Å²) < 4.78 is 16.9. The number of nitrogens with one attached hydrogen (secondary N) is 1. The van der Waals surface area contributed by atoms with Gasteiger partial charge in [-0.3, -0.25) is 4.79 Å². The van der Waals surface area contributed by atoms with Gasteiger partial charge in [0, 0.05) is 0 Å². The van der Waals surface area contributed by atoms with Gasteiger partial charge in [0.1, 0.15) is 5.82 Å². The molecule has 0 saturated carbocycles. The van der Waals surface area contributed by atoms with Gasteiger partial charge in [-0.05, 0) is 28.0 Å². The minimum atomic E-state index is -0.646. The van der Waals surface area contributed by atoms with Crippen LogP contribution in [0.5, 0.6) is 0 Å². The molecular weight excluding hydrogens is 241 g/mol. The van der Waals surface area contributed by atoms with E-state index >= 15 is 0 Å². The summed E-state index contributed by atoms with van der Waals surface area (Å²) in [5.41, 5.74) is 7.98. The predicted molar refractivity (Wildman–Crippen MR) is 60.2 cm³/mol. The fraction of sp³-hybridized carbons (Fsp3) is 0. The van der Waals surface area contributed by atoms with Crippen LogP contribution in [0, 0.1) is 5.82 Å². The summed E-state index contributed by atoms with van der Waals surface area (Å²) in [5.74, 6) is -1.12. The van der Waals surface area contributed by atoms with Crippen LogP contribution in [0.4, 0.5) is 10.2 Å². The summed E-state index contributed by atoms with van der Waals surface area (Å²) in [5, 5.41) is 10.2. The molecule has 1 aromatic carbocycles. The zero-order chi connectivity index (χ0) is 13.0. The molecule has 7 nitrogen and oxygen atoms in total. The number of anilines is 1. The summed E-state index contributed by atoms with van der Waals surface area (Å²) in [7, 11) is 0. The van der Waals surface area contributed by atoms with Gasteiger partial charge in [0.2, 0.25) is 11.5 Å². The van der Waals surface area contributed by atoms with E-state index in [2.05, 4.69) is 25.5 Å². The molecule has 2 rings (SSSR count). The van der Waals surface area contributed by atoms with E-state index in [0.717, 1.165) is 0 Å². The summed E-state index contributed by atoms with van der Waals surface area (Å²) >= 11 is 0. The highest BCUT2D eigenvalue weighted by atomic mass is 19.1. The van der Waals surface area contributed by atoms with Crippen molar-refractivity contribution < 1.29 is 13.8 Å². The van der Waals surface area contributed by atoms with Crippen LogP contribution in [0.25, 0.3) is 0 Å². The maximum absolute atomic E-state index is 12.6. The number of nitrogen functional groups attached to an aromatic ring is 1. The average molecular weight is 249 g/mol. The van der Waals surface area contributed by atoms with Crippen LogP contribution in [-0.4, -0.2) is 22.4 Å². The summed E-state index contributed by atoms with van der Waals surface area (Å²) in [4.78, 5) is 11.4. The van der Waals surface area contributed by atoms with Gasteiger partial charge in [-0.2, -0.15) is 5.10 Å². The molecule has 2 aromatic rings. The Morgan fingerprint density at radius 1 is 1.39 bits per heavy atom. The van der Waals surface area contributed by atoms with E-state index in [-0.39, 0.29) is 17.3 Å². The molecule has 1 aromatic heterocycles. The van der Waals surface area contributed by atoms with Crippen molar-refractivity contribution in [1.82, 2.24) is 15.7 Å². The zero-order valence-corrected chi connectivity index (χ0v) is 9.00. The van der Waals surface area contributed by atoms with Crippen molar-refractivity contribution in [2.45, 2.75) is 0 Å². The number of hydrazone groups is 1. The Bertz CT molecular complexity index is 578. The topological polar surface area (TPSA) is 106 Å². The molecule has 18 heavy (non-hydrogen) atoms. The van der Waals surface area contributed by atoms with Gasteiger partial charge >= 0.3 is 0 Å². The van der Waals surface area contributed by atoms with Crippen LogP contribution in [0.1, 0.15) is 16.1 Å². The summed E-state index contributed by atoms with van der Waals surface area (Å²) in [6.07, 6.45) is 1.35. The Balaban J connectivity index is 1.98. The molecule has 92 valence electrons. The number of nitrogens with two attached hydrogens (primary N) is 1. The Hall–Kier alpha value is -2.77. The molecule has 0 aliphatic carbocycles. The Kier molecular flexibility index (Phi) is 3.28. The molecular formula is C10H8FN5O2. The third-order valence-electron chi connectivity index (χ3n) is 1.98. The first-order valence-corrected chi connectivity index (χ1v) is 4.84. The summed E-state index contributed by atoms with van der Waals surface area (Å²) in [6.45, 7) is 0. The van der Waals surface area contributed by atoms with Gasteiger partial charge in [0.15, 0.2) is 0 Å². The SMILES string of the molecule is Nc1nonc1C(=O)NN=Cc1ccc(F)cc1. The Labute approximate surface area is 100 Å². The molecule has 0 fully saturated rings. The smallest absolute Gasteiger partial charge is 0.297 e. The van der Waals surface area contributed by atoms with Gasteiger partial charge in [0.05, 0.1) is 6.21 Å². The molecule has 0 spiro atoms. The number of carbonyl (C=O) groups excluding carboxylic acids is 1. The molecule has 0 aliphatic heterocycles. The number of amides is 1. The third kappa shape index (κ3) is 2.67. The normalized spacial score (nSPS) is 10.7. The molecule has 0 atom stereocenters. The van der Waals surface area contributed by atoms with Crippen molar-refractivity contribution in [3.05, 3.63) is 41.3 Å². The van der Waals surface area contributed by atoms with Crippen LogP contribution in [-0.2, 0) is 0 Å². The minimum Gasteiger partial charge on any atom is -0.379 e. The number of halogens is 1. The number of nitrogens with zero attached hydrogens (tertiary/aromatic N) is 3. The van der Waals surface area contributed by atoms with Gasteiger partial charge in [-0.1, -0.05) is 12.1 Å². The first-order chi connectivity index (χ1) is 8.66. The predicted octanol–water partition coefficient (Wildman–Crippen LogP) is 0.555. The summed E-state index contributed by atoms with van der Waals surface area (Å²) in [6, 6.07) is 5.58. The number of hydrogen-bond acceptors (Lipinski definition) is 6. The van der Waals surface area contributed by atoms with Crippen molar-refractivity contribution in [3.8, 4) is 0 Å². The van der Waals surface area contributed by atoms with E-state index in [9.17, 15) is 9.18 Å². The lowest BCUT2D eigenvalue weighted by atomic mass is 10.2. The Morgan fingerprint density at radius 3 is 2.72 bits per heavy atom. The van der Waals surface area contributed by atoms with Crippen molar-refractivity contribution in [3.63, 3.8) is 0 Å². The number of aromatic nitrogens is 2. The quantitative estimate of drug-likeness (QED) is 0.610. The number of hydrogen-bond donors (Lipinski definition) is 2. The largest absolute Gasteiger partial charge is 0.379 e. The van der Waals surface area contributed by atoms with Gasteiger partial charge in [-0.25, -0.2) is 14.4 Å². The molecule has 1 amide bonds. The second-order valence-electron chi connectivity index (χ2n) is 3.25. The zero-order valence-electron chi connectivity index (χ0n) is 9.00. The van der Waals surface area contributed by atoms with Crippen molar-refractivity contribution >= 4 is 17.9 Å². The average Bonchev–Trinajstić information content (AvgIpc) is 2.78. The van der Waals surface area contributed by atoms with E-state index < -0.39 is 5.91 Å². The monoisotopic (exact) mass is 249 g/mol. The van der Waals surface area contributed by atoms with Crippen LogP contribution in [0.3, 0.4) is 0 Å². The van der Waals surface area contributed by atoms with E-state index in [1.807, 2.05) is 0 Å². The molecule has 3 N–H and O–H groups in total. The maximum atomic E-state index is 12.6. The lowest BCUT2D eigenvalue weighted by Crippen LogP contribution is -2.19. The number of carbonyl (C=O) groups is 1. The van der Waals surface area contributed by atoms with Crippen LogP contribution in [0.15, 0.2) is 34.0 Å². The fourth-order valence-electron chi connectivity index (χ4n) is 1.12. The lowest BCUT2D eigenvalue weighted by Gasteiger charge is -1.95.